The highest BCUT2D eigenvalue weighted by Gasteiger charge is 2.29. The second-order valence-corrected chi connectivity index (χ2v) is 5.68. The molecule has 2 N–H and O–H groups in total. The fourth-order valence-electron chi connectivity index (χ4n) is 2.17. The molecule has 0 saturated carbocycles. The number of hydrogen-bond acceptors (Lipinski definition) is 3. The van der Waals surface area contributed by atoms with E-state index < -0.39 is 0 Å². The van der Waals surface area contributed by atoms with Crippen LogP contribution in [0.3, 0.4) is 0 Å². The van der Waals surface area contributed by atoms with Gasteiger partial charge < -0.3 is 15.5 Å². The first-order valence-corrected chi connectivity index (χ1v) is 7.34. The first-order valence-electron chi connectivity index (χ1n) is 6.56. The number of carbonyl (C=O) groups excluding carboxylic acids is 2. The van der Waals surface area contributed by atoms with Crippen LogP contribution >= 0.6 is 23.8 Å². The topological polar surface area (TPSA) is 66.6 Å². The summed E-state index contributed by atoms with van der Waals surface area (Å²) in [6.45, 7) is 2.91. The molecule has 0 atom stereocenters. The third-order valence-corrected chi connectivity index (χ3v) is 4.03. The van der Waals surface area contributed by atoms with E-state index >= 15 is 0 Å². The van der Waals surface area contributed by atoms with Crippen LogP contribution in [0.1, 0.15) is 18.1 Å². The van der Waals surface area contributed by atoms with E-state index in [0.29, 0.717) is 23.7 Å². The molecule has 0 bridgehead atoms. The zero-order valence-electron chi connectivity index (χ0n) is 11.6. The Labute approximate surface area is 133 Å². The van der Waals surface area contributed by atoms with Gasteiger partial charge in [-0.3, -0.25) is 9.59 Å². The average Bonchev–Trinajstić information content (AvgIpc) is 2.44. The number of halogens is 1. The first kappa shape index (κ1) is 15.7. The Morgan fingerprint density at radius 2 is 1.90 bits per heavy atom. The minimum Gasteiger partial charge on any atom is -0.389 e. The molecule has 0 aromatic heterocycles. The Morgan fingerprint density at radius 1 is 1.29 bits per heavy atom. The maximum Gasteiger partial charge on any atom is 0.242 e. The smallest absolute Gasteiger partial charge is 0.242 e. The Hall–Kier alpha value is -1.66. The van der Waals surface area contributed by atoms with Crippen LogP contribution < -0.4 is 5.73 Å². The van der Waals surface area contributed by atoms with Gasteiger partial charge in [0.1, 0.15) is 11.5 Å². The fourth-order valence-corrected chi connectivity index (χ4v) is 2.54. The van der Waals surface area contributed by atoms with Crippen molar-refractivity contribution in [3.8, 4) is 0 Å². The highest BCUT2D eigenvalue weighted by atomic mass is 35.5. The molecule has 7 heteroatoms. The molecule has 0 unspecified atom stereocenters. The molecule has 2 rings (SSSR count). The molecule has 1 aliphatic heterocycles. The predicted octanol–water partition coefficient (Wildman–Crippen LogP) is 1.16. The summed E-state index contributed by atoms with van der Waals surface area (Å²) in [6.07, 6.45) is 0. The lowest BCUT2D eigenvalue weighted by Gasteiger charge is -2.33. The monoisotopic (exact) mass is 325 g/mol. The van der Waals surface area contributed by atoms with E-state index in [-0.39, 0.29) is 29.9 Å². The Bertz CT molecular complexity index is 606. The van der Waals surface area contributed by atoms with Gasteiger partial charge in [0.05, 0.1) is 6.54 Å². The Kier molecular flexibility index (Phi) is 4.80. The van der Waals surface area contributed by atoms with Crippen molar-refractivity contribution in [1.29, 1.82) is 0 Å². The number of nitrogens with two attached hydrogens (primary N) is 1. The van der Waals surface area contributed by atoms with Gasteiger partial charge in [-0.2, -0.15) is 0 Å². The van der Waals surface area contributed by atoms with E-state index in [2.05, 4.69) is 0 Å². The largest absolute Gasteiger partial charge is 0.389 e. The summed E-state index contributed by atoms with van der Waals surface area (Å²) in [5, 5.41) is 0.485. The number of piperazine rings is 1. The van der Waals surface area contributed by atoms with Crippen LogP contribution in [0.5, 0.6) is 0 Å². The van der Waals surface area contributed by atoms with E-state index in [0.717, 1.165) is 5.56 Å². The Balaban J connectivity index is 2.13. The maximum absolute atomic E-state index is 12.0. The molecule has 0 aliphatic carbocycles. The predicted molar refractivity (Wildman–Crippen MR) is 85.0 cm³/mol. The number of likely N-dealkylation sites (N-methyl/N-ethyl adjacent to an activating group) is 1. The van der Waals surface area contributed by atoms with Gasteiger partial charge in [0.2, 0.25) is 11.8 Å². The van der Waals surface area contributed by atoms with Gasteiger partial charge in [-0.25, -0.2) is 0 Å². The lowest BCUT2D eigenvalue weighted by molar-refractivity contribution is -0.150. The van der Waals surface area contributed by atoms with Crippen molar-refractivity contribution in [1.82, 2.24) is 9.80 Å². The van der Waals surface area contributed by atoms with Crippen molar-refractivity contribution in [3.63, 3.8) is 0 Å². The molecule has 1 fully saturated rings. The molecule has 0 spiro atoms. The first-order chi connectivity index (χ1) is 9.92. The number of benzene rings is 1. The van der Waals surface area contributed by atoms with Gasteiger partial charge in [-0.1, -0.05) is 36.0 Å². The number of carbonyl (C=O) groups is 2. The molecule has 5 nitrogen and oxygen atoms in total. The van der Waals surface area contributed by atoms with Gasteiger partial charge in [-0.05, 0) is 18.6 Å². The number of thiocarbonyl (C=S) groups is 1. The third kappa shape index (κ3) is 3.51. The van der Waals surface area contributed by atoms with Crippen LogP contribution in [0, 0.1) is 0 Å². The number of amides is 2. The second-order valence-electron chi connectivity index (χ2n) is 4.83. The summed E-state index contributed by atoms with van der Waals surface area (Å²) < 4.78 is 0. The van der Waals surface area contributed by atoms with Gasteiger partial charge in [0.15, 0.2) is 0 Å². The van der Waals surface area contributed by atoms with E-state index in [1.807, 2.05) is 6.92 Å². The van der Waals surface area contributed by atoms with Crippen molar-refractivity contribution < 1.29 is 9.59 Å². The zero-order valence-corrected chi connectivity index (χ0v) is 13.2. The quantitative estimate of drug-likeness (QED) is 0.844. The average molecular weight is 326 g/mol. The number of hydrogen-bond donors (Lipinski definition) is 1. The van der Waals surface area contributed by atoms with Gasteiger partial charge in [0.25, 0.3) is 0 Å². The molecule has 21 heavy (non-hydrogen) atoms. The van der Waals surface area contributed by atoms with E-state index in [9.17, 15) is 9.59 Å². The molecule has 1 aliphatic rings. The highest BCUT2D eigenvalue weighted by Crippen LogP contribution is 2.21. The Morgan fingerprint density at radius 3 is 2.48 bits per heavy atom. The minimum atomic E-state index is -0.0778. The molecule has 1 aromatic rings. The molecule has 1 aromatic carbocycles. The minimum absolute atomic E-state index is 0.0482. The van der Waals surface area contributed by atoms with Crippen LogP contribution in [0.25, 0.3) is 0 Å². The molecule has 1 heterocycles. The summed E-state index contributed by atoms with van der Waals surface area (Å²) in [7, 11) is 0. The van der Waals surface area contributed by atoms with E-state index in [4.69, 9.17) is 29.6 Å². The molecule has 112 valence electrons. The summed E-state index contributed by atoms with van der Waals surface area (Å²) in [5.41, 5.74) is 6.99. The molecule has 0 radical (unpaired) electrons. The lowest BCUT2D eigenvalue weighted by Crippen LogP contribution is -2.53. The summed E-state index contributed by atoms with van der Waals surface area (Å²) in [5.74, 6) is -0.126. The van der Waals surface area contributed by atoms with Crippen molar-refractivity contribution in [2.75, 3.05) is 19.6 Å². The van der Waals surface area contributed by atoms with Gasteiger partial charge in [0, 0.05) is 23.7 Å². The molecular weight excluding hydrogens is 310 g/mol. The molecular formula is C14H16ClN3O2S. The van der Waals surface area contributed by atoms with Crippen LogP contribution in [0.4, 0.5) is 0 Å². The van der Waals surface area contributed by atoms with E-state index in [1.54, 1.807) is 18.2 Å². The fraction of sp³-hybridized carbons (Fsp3) is 0.357. The van der Waals surface area contributed by atoms with Crippen molar-refractivity contribution in [2.45, 2.75) is 13.5 Å². The van der Waals surface area contributed by atoms with Gasteiger partial charge in [-0.15, -0.1) is 0 Å². The standard InChI is InChI=1S/C14H16ClN3O2S/c1-2-17-7-13(20)18(8-12(17)19)6-10-4-3-9(14(16)21)5-11(10)15/h3-5H,2,6-8H2,1H3,(H2,16,21). The van der Waals surface area contributed by atoms with Gasteiger partial charge >= 0.3 is 0 Å². The van der Waals surface area contributed by atoms with Crippen LogP contribution in [-0.4, -0.2) is 46.2 Å². The van der Waals surface area contributed by atoms with Crippen molar-refractivity contribution >= 4 is 40.6 Å². The van der Waals surface area contributed by atoms with Crippen molar-refractivity contribution in [2.24, 2.45) is 5.73 Å². The highest BCUT2D eigenvalue weighted by molar-refractivity contribution is 7.80. The molecule has 1 saturated heterocycles. The normalized spacial score (nSPS) is 15.5. The SMILES string of the molecule is CCN1CC(=O)N(Cc2ccc(C(N)=S)cc2Cl)CC1=O. The van der Waals surface area contributed by atoms with Crippen LogP contribution in [0.2, 0.25) is 5.02 Å². The summed E-state index contributed by atoms with van der Waals surface area (Å²) in [4.78, 5) is 27.2. The lowest BCUT2D eigenvalue weighted by atomic mass is 10.1. The summed E-state index contributed by atoms with van der Waals surface area (Å²) >= 11 is 11.1. The number of nitrogens with zero attached hydrogens (tertiary/aromatic N) is 2. The summed E-state index contributed by atoms with van der Waals surface area (Å²) in [6, 6.07) is 5.22. The van der Waals surface area contributed by atoms with Crippen LogP contribution in [-0.2, 0) is 16.1 Å². The van der Waals surface area contributed by atoms with E-state index in [1.165, 1.54) is 9.80 Å². The second kappa shape index (κ2) is 6.41. The zero-order chi connectivity index (χ0) is 15.6. The third-order valence-electron chi connectivity index (χ3n) is 3.44. The van der Waals surface area contributed by atoms with Crippen molar-refractivity contribution in [3.05, 3.63) is 34.3 Å². The number of rotatable bonds is 4. The van der Waals surface area contributed by atoms with Crippen LogP contribution in [0.15, 0.2) is 18.2 Å². The maximum atomic E-state index is 12.0. The molecule has 2 amide bonds.